The molecule has 17 nitrogen and oxygen atoms in total. The van der Waals surface area contributed by atoms with Crippen molar-refractivity contribution < 1.29 is 80.2 Å². The molecule has 0 aromatic heterocycles. The van der Waals surface area contributed by atoms with Crippen LogP contribution in [-0.4, -0.2) is 96.7 Å². The van der Waals surface area contributed by atoms with Crippen LogP contribution >= 0.6 is 15.6 Å². The van der Waals surface area contributed by atoms with Gasteiger partial charge in [-0.2, -0.15) is 0 Å². The summed E-state index contributed by atoms with van der Waals surface area (Å²) in [5.74, 6) is -2.35. The number of phosphoric acid groups is 2. The van der Waals surface area contributed by atoms with Gasteiger partial charge in [-0.3, -0.25) is 37.3 Å². The Hall–Kier alpha value is -5.84. The molecule has 0 saturated heterocycles. The Morgan fingerprint density at radius 3 is 0.787 bits per heavy atom. The van der Waals surface area contributed by atoms with Gasteiger partial charge in [0.05, 0.1) is 26.4 Å². The summed E-state index contributed by atoms with van der Waals surface area (Å²) in [5, 5.41) is 10.7. The first-order valence-electron chi connectivity index (χ1n) is 41.0. The lowest BCUT2D eigenvalue weighted by Gasteiger charge is -2.21. The van der Waals surface area contributed by atoms with Gasteiger partial charge >= 0.3 is 39.5 Å². The molecule has 0 fully saturated rings. The summed E-state index contributed by atoms with van der Waals surface area (Å²) < 4.78 is 68.6. The van der Waals surface area contributed by atoms with E-state index in [1.54, 1.807) is 0 Å². The largest absolute Gasteiger partial charge is 0.472 e. The third kappa shape index (κ3) is 78.3. The molecule has 5 unspecified atom stereocenters. The number of esters is 4. The van der Waals surface area contributed by atoms with Crippen LogP contribution in [0.2, 0.25) is 0 Å². The zero-order valence-electron chi connectivity index (χ0n) is 66.9. The smallest absolute Gasteiger partial charge is 0.462 e. The number of hydrogen-bond acceptors (Lipinski definition) is 15. The number of rotatable bonds is 75. The highest BCUT2D eigenvalue weighted by atomic mass is 31.2. The summed E-state index contributed by atoms with van der Waals surface area (Å²) in [5.41, 5.74) is 0. The first kappa shape index (κ1) is 102. The van der Waals surface area contributed by atoms with E-state index in [1.165, 1.54) is 38.5 Å². The Morgan fingerprint density at radius 1 is 0.269 bits per heavy atom. The van der Waals surface area contributed by atoms with Crippen molar-refractivity contribution in [3.63, 3.8) is 0 Å². The molecule has 0 spiro atoms. The number of unbranched alkanes of at least 4 members (excludes halogenated alkanes) is 19. The summed E-state index contributed by atoms with van der Waals surface area (Å²) in [6, 6.07) is 0. The fourth-order valence-corrected chi connectivity index (χ4v) is 11.7. The highest BCUT2D eigenvalue weighted by Gasteiger charge is 2.30. The lowest BCUT2D eigenvalue weighted by molar-refractivity contribution is -0.161. The molecule has 3 N–H and O–H groups in total. The molecule has 0 amide bonds. The maximum atomic E-state index is 13.1. The molecule has 0 heterocycles. The second-order valence-electron chi connectivity index (χ2n) is 26.6. The van der Waals surface area contributed by atoms with E-state index in [9.17, 15) is 43.2 Å². The van der Waals surface area contributed by atoms with Crippen molar-refractivity contribution in [1.82, 2.24) is 0 Å². The van der Waals surface area contributed by atoms with Crippen LogP contribution in [0.5, 0.6) is 0 Å². The first-order valence-corrected chi connectivity index (χ1v) is 44.0. The second kappa shape index (κ2) is 79.3. The molecule has 612 valence electrons. The van der Waals surface area contributed by atoms with E-state index in [-0.39, 0.29) is 25.7 Å². The van der Waals surface area contributed by atoms with E-state index >= 15 is 0 Å². The van der Waals surface area contributed by atoms with Gasteiger partial charge in [-0.1, -0.05) is 281 Å². The summed E-state index contributed by atoms with van der Waals surface area (Å²) >= 11 is 0. The van der Waals surface area contributed by atoms with Gasteiger partial charge in [-0.25, -0.2) is 9.13 Å². The molecule has 5 atom stereocenters. The Labute approximate surface area is 654 Å². The van der Waals surface area contributed by atoms with Crippen LogP contribution < -0.4 is 0 Å². The van der Waals surface area contributed by atoms with Crippen LogP contribution in [0.25, 0.3) is 0 Å². The molecule has 0 bridgehead atoms. The SMILES string of the molecule is CC/C=C\C/C=C\C/C=C\C/C=C\C/C=C\CCCC(=O)OCC(COP(=O)(O)OCC(O)COP(=O)(O)OCC(COC(=O)CCCCCCCC/C=C\C/C=C\C/C=C\CCCCC)OC(=O)CCCCCCC/C=C\C/C=C\CCCCC)OC(=O)CCC/C=C\C/C=C\C/C=C\C/C=C\C/C=C\CC. The van der Waals surface area contributed by atoms with E-state index in [4.69, 9.17) is 37.0 Å². The quantitative estimate of drug-likeness (QED) is 0.0169. The first-order chi connectivity index (χ1) is 52.7. The number of carbonyl (C=O) groups is 4. The predicted molar refractivity (Wildman–Crippen MR) is 445 cm³/mol. The van der Waals surface area contributed by atoms with Crippen LogP contribution in [0.3, 0.4) is 0 Å². The number of aliphatic hydroxyl groups excluding tert-OH is 1. The Kier molecular flexibility index (Phi) is 75.0. The number of ether oxygens (including phenoxy) is 4. The molecule has 19 heteroatoms. The van der Waals surface area contributed by atoms with Crippen molar-refractivity contribution in [2.75, 3.05) is 39.6 Å². The monoisotopic (exact) mass is 1550 g/mol. The molecule has 0 aliphatic rings. The fourth-order valence-electron chi connectivity index (χ4n) is 10.2. The third-order valence-corrected chi connectivity index (χ3v) is 18.2. The molecular weight excluding hydrogens is 1400 g/mol. The van der Waals surface area contributed by atoms with E-state index in [0.29, 0.717) is 38.5 Å². The molecule has 0 aromatic rings. The lowest BCUT2D eigenvalue weighted by Crippen LogP contribution is -2.30. The third-order valence-electron chi connectivity index (χ3n) is 16.3. The molecule has 0 radical (unpaired) electrons. The normalized spacial score (nSPS) is 14.8. The van der Waals surface area contributed by atoms with Crippen LogP contribution in [0.1, 0.15) is 297 Å². The molecule has 0 aliphatic heterocycles. The highest BCUT2D eigenvalue weighted by molar-refractivity contribution is 7.47. The van der Waals surface area contributed by atoms with Gasteiger partial charge < -0.3 is 33.8 Å². The van der Waals surface area contributed by atoms with Gasteiger partial charge in [0.25, 0.3) is 0 Å². The van der Waals surface area contributed by atoms with Crippen molar-refractivity contribution in [2.45, 2.75) is 316 Å². The molecule has 0 saturated carbocycles. The van der Waals surface area contributed by atoms with E-state index in [2.05, 4.69) is 186 Å². The average molecular weight is 1550 g/mol. The van der Waals surface area contributed by atoms with Crippen molar-refractivity contribution in [1.29, 1.82) is 0 Å². The molecule has 108 heavy (non-hydrogen) atoms. The van der Waals surface area contributed by atoms with Crippen LogP contribution in [0, 0.1) is 0 Å². The maximum Gasteiger partial charge on any atom is 0.472 e. The van der Waals surface area contributed by atoms with E-state index in [0.717, 1.165) is 167 Å². The van der Waals surface area contributed by atoms with Gasteiger partial charge in [0.15, 0.2) is 12.2 Å². The van der Waals surface area contributed by atoms with E-state index in [1.807, 2.05) is 24.3 Å². The molecule has 0 rings (SSSR count). The van der Waals surface area contributed by atoms with Gasteiger partial charge in [-0.15, -0.1) is 0 Å². The number of aliphatic hydroxyl groups is 1. The Bertz CT molecular complexity index is 2760. The number of carbonyl (C=O) groups excluding carboxylic acids is 4. The summed E-state index contributed by atoms with van der Waals surface area (Å²) in [7, 11) is -10.0. The topological polar surface area (TPSA) is 237 Å². The van der Waals surface area contributed by atoms with Crippen molar-refractivity contribution in [3.8, 4) is 0 Å². The van der Waals surface area contributed by atoms with Crippen molar-refractivity contribution in [3.05, 3.63) is 182 Å². The molecule has 0 aliphatic carbocycles. The van der Waals surface area contributed by atoms with Gasteiger partial charge in [0.2, 0.25) is 0 Å². The predicted octanol–water partition coefficient (Wildman–Crippen LogP) is 24.3. The van der Waals surface area contributed by atoms with Crippen LogP contribution in [-0.2, 0) is 65.4 Å². The lowest BCUT2D eigenvalue weighted by atomic mass is 10.1. The number of phosphoric ester groups is 2. The Balaban J connectivity index is 5.51. The number of allylic oxidation sites excluding steroid dienone is 30. The minimum atomic E-state index is -5.02. The second-order valence-corrected chi connectivity index (χ2v) is 29.5. The minimum absolute atomic E-state index is 0.00323. The van der Waals surface area contributed by atoms with Crippen molar-refractivity contribution >= 4 is 39.5 Å². The summed E-state index contributed by atoms with van der Waals surface area (Å²) in [4.78, 5) is 73.1. The summed E-state index contributed by atoms with van der Waals surface area (Å²) in [6.07, 6.45) is 95.9. The zero-order chi connectivity index (χ0) is 78.9. The van der Waals surface area contributed by atoms with Gasteiger partial charge in [0, 0.05) is 25.7 Å². The average Bonchev–Trinajstić information content (AvgIpc) is 0.901. The number of hydrogen-bond donors (Lipinski definition) is 3. The molecular formula is C89H144O17P2. The van der Waals surface area contributed by atoms with Crippen molar-refractivity contribution in [2.24, 2.45) is 0 Å². The molecule has 0 aromatic carbocycles. The minimum Gasteiger partial charge on any atom is -0.462 e. The Morgan fingerprint density at radius 2 is 0.491 bits per heavy atom. The van der Waals surface area contributed by atoms with Crippen LogP contribution in [0.15, 0.2) is 182 Å². The van der Waals surface area contributed by atoms with Gasteiger partial charge in [-0.05, 0) is 173 Å². The summed E-state index contributed by atoms with van der Waals surface area (Å²) in [6.45, 7) is 4.42. The highest BCUT2D eigenvalue weighted by Crippen LogP contribution is 2.45. The van der Waals surface area contributed by atoms with Crippen LogP contribution in [0.4, 0.5) is 0 Å². The zero-order valence-corrected chi connectivity index (χ0v) is 68.7. The van der Waals surface area contributed by atoms with Gasteiger partial charge in [0.1, 0.15) is 19.3 Å². The standard InChI is InChI=1S/C89H144O17P2/c1-5-9-13-17-21-25-29-33-37-40-41-44-47-50-54-58-62-66-70-74-87(92)100-79-84(105-88(93)75-71-67-63-59-55-51-45-36-32-28-24-20-16-12-8-4)81-103-107(95,96)101-77-83(90)78-102-108(97,98)104-82-85(106-89(94)76-72-68-64-60-56-52-48-43-39-35-31-27-23-19-15-11-7-3)80-99-86(91)73-69-65-61-57-53-49-46-42-38-34-30-26-22-18-14-10-6-2/h10-11,14-15,21-28,33-39,41,44-46,48-49,52,57,60-61,64,83-85,90H,5-9,12-13,16-20,29-32,40,42-43,47,50-51,53-56,58-59,62-63,65-82H2,1-4H3,(H,95,96)(H,97,98)/b14-10-,15-11-,25-21-,26-22-,27-23-,28-24-,37-33-,38-34-,39-35-,44-41-,45-36-,49-46-,52-48-,61-57-,64-60-. The maximum absolute atomic E-state index is 13.1. The fraction of sp³-hybridized carbons (Fsp3) is 0.618. The van der Waals surface area contributed by atoms with E-state index < -0.39 is 97.5 Å².